The van der Waals surface area contributed by atoms with Crippen LogP contribution in [0.3, 0.4) is 0 Å². The zero-order chi connectivity index (χ0) is 14.4. The summed E-state index contributed by atoms with van der Waals surface area (Å²) in [7, 11) is 0. The lowest BCUT2D eigenvalue weighted by Gasteiger charge is -2.37. The molecule has 1 aliphatic heterocycles. The first kappa shape index (κ1) is 18.2. The third-order valence-corrected chi connectivity index (χ3v) is 4.33. The van der Waals surface area contributed by atoms with E-state index in [2.05, 4.69) is 17.6 Å². The summed E-state index contributed by atoms with van der Waals surface area (Å²) in [5, 5.41) is 6.06. The molecule has 5 nitrogen and oxygen atoms in total. The van der Waals surface area contributed by atoms with Gasteiger partial charge in [-0.15, -0.1) is 12.4 Å². The second-order valence-electron chi connectivity index (χ2n) is 6.00. The zero-order valence-electron chi connectivity index (χ0n) is 12.9. The second-order valence-corrected chi connectivity index (χ2v) is 6.00. The van der Waals surface area contributed by atoms with E-state index in [0.29, 0.717) is 12.5 Å². The quantitative estimate of drug-likeness (QED) is 0.696. The minimum absolute atomic E-state index is 0. The minimum atomic E-state index is -0.328. The molecule has 1 unspecified atom stereocenters. The van der Waals surface area contributed by atoms with Gasteiger partial charge in [0.1, 0.15) is 0 Å². The largest absolute Gasteiger partial charge is 0.356 e. The maximum absolute atomic E-state index is 12.3. The highest BCUT2D eigenvalue weighted by atomic mass is 35.5. The van der Waals surface area contributed by atoms with Crippen molar-refractivity contribution in [3.8, 4) is 0 Å². The molecule has 0 aromatic heterocycles. The van der Waals surface area contributed by atoms with Crippen molar-refractivity contribution in [1.82, 2.24) is 15.5 Å². The van der Waals surface area contributed by atoms with Crippen molar-refractivity contribution in [3.63, 3.8) is 0 Å². The molecule has 2 N–H and O–H groups in total. The van der Waals surface area contributed by atoms with Gasteiger partial charge in [-0.1, -0.05) is 19.8 Å². The van der Waals surface area contributed by atoms with E-state index < -0.39 is 0 Å². The maximum Gasteiger partial charge on any atom is 0.240 e. The van der Waals surface area contributed by atoms with Gasteiger partial charge in [0.25, 0.3) is 0 Å². The van der Waals surface area contributed by atoms with Crippen LogP contribution in [0, 0.1) is 5.92 Å². The van der Waals surface area contributed by atoms with Crippen molar-refractivity contribution in [2.45, 2.75) is 51.5 Å². The molecule has 1 saturated heterocycles. The third-order valence-electron chi connectivity index (χ3n) is 4.33. The highest BCUT2D eigenvalue weighted by Gasteiger charge is 2.32. The van der Waals surface area contributed by atoms with Gasteiger partial charge in [0.15, 0.2) is 0 Å². The molecule has 1 saturated carbocycles. The molecule has 0 radical (unpaired) electrons. The molecule has 2 fully saturated rings. The molecule has 0 aromatic carbocycles. The molecular formula is C15H28ClN3O2. The number of rotatable bonds is 7. The van der Waals surface area contributed by atoms with Gasteiger partial charge in [-0.3, -0.25) is 9.59 Å². The van der Waals surface area contributed by atoms with Crippen LogP contribution < -0.4 is 10.6 Å². The summed E-state index contributed by atoms with van der Waals surface area (Å²) in [6.45, 7) is 5.27. The fraction of sp³-hybridized carbons (Fsp3) is 0.867. The average Bonchev–Trinajstić information content (AvgIpc) is 2.38. The molecule has 2 amide bonds. The van der Waals surface area contributed by atoms with Crippen LogP contribution in [0.5, 0.6) is 0 Å². The van der Waals surface area contributed by atoms with Crippen LogP contribution in [0.4, 0.5) is 0 Å². The number of amides is 2. The number of halogens is 1. The SMILES string of the molecule is CCCCNC(=O)CC1NCCN(CC2CCC2)C1=O.Cl. The van der Waals surface area contributed by atoms with E-state index in [4.69, 9.17) is 0 Å². The fourth-order valence-electron chi connectivity index (χ4n) is 2.78. The van der Waals surface area contributed by atoms with E-state index >= 15 is 0 Å². The van der Waals surface area contributed by atoms with E-state index in [1.807, 2.05) is 4.90 Å². The molecule has 2 aliphatic rings. The van der Waals surface area contributed by atoms with Crippen molar-refractivity contribution >= 4 is 24.2 Å². The number of piperazine rings is 1. The number of nitrogens with zero attached hydrogens (tertiary/aromatic N) is 1. The Morgan fingerprint density at radius 1 is 1.43 bits per heavy atom. The molecule has 2 rings (SSSR count). The van der Waals surface area contributed by atoms with E-state index in [-0.39, 0.29) is 36.7 Å². The van der Waals surface area contributed by atoms with E-state index in [0.717, 1.165) is 32.5 Å². The van der Waals surface area contributed by atoms with Gasteiger partial charge >= 0.3 is 0 Å². The zero-order valence-corrected chi connectivity index (χ0v) is 13.7. The summed E-state index contributed by atoms with van der Waals surface area (Å²) < 4.78 is 0. The first-order chi connectivity index (χ1) is 9.70. The predicted molar refractivity (Wildman–Crippen MR) is 85.5 cm³/mol. The van der Waals surface area contributed by atoms with Crippen molar-refractivity contribution in [2.75, 3.05) is 26.2 Å². The number of hydrogen-bond donors (Lipinski definition) is 2. The summed E-state index contributed by atoms with van der Waals surface area (Å²) in [5.74, 6) is 0.777. The standard InChI is InChI=1S/C15H27N3O2.ClH/c1-2-3-7-17-14(19)10-13-15(20)18(9-8-16-13)11-12-5-4-6-12;/h12-13,16H,2-11H2,1H3,(H,17,19);1H. The monoisotopic (exact) mass is 317 g/mol. The number of carbonyl (C=O) groups is 2. The van der Waals surface area contributed by atoms with Crippen molar-refractivity contribution in [1.29, 1.82) is 0 Å². The summed E-state index contributed by atoms with van der Waals surface area (Å²) in [6, 6.07) is -0.328. The topological polar surface area (TPSA) is 61.4 Å². The fourth-order valence-corrected chi connectivity index (χ4v) is 2.78. The molecule has 6 heteroatoms. The highest BCUT2D eigenvalue weighted by Crippen LogP contribution is 2.27. The van der Waals surface area contributed by atoms with Gasteiger partial charge in [-0.25, -0.2) is 0 Å². The van der Waals surface area contributed by atoms with Crippen LogP contribution >= 0.6 is 12.4 Å². The third kappa shape index (κ3) is 5.47. The number of hydrogen-bond acceptors (Lipinski definition) is 3. The normalized spacial score (nSPS) is 22.4. The molecular weight excluding hydrogens is 290 g/mol. The first-order valence-corrected chi connectivity index (χ1v) is 7.99. The van der Waals surface area contributed by atoms with Gasteiger partial charge in [0.2, 0.25) is 11.8 Å². The van der Waals surface area contributed by atoms with Gasteiger partial charge in [-0.05, 0) is 25.2 Å². The summed E-state index contributed by atoms with van der Waals surface area (Å²) >= 11 is 0. The van der Waals surface area contributed by atoms with Crippen LogP contribution in [0.15, 0.2) is 0 Å². The molecule has 1 aliphatic carbocycles. The highest BCUT2D eigenvalue weighted by molar-refractivity contribution is 5.88. The Morgan fingerprint density at radius 3 is 2.81 bits per heavy atom. The molecule has 1 heterocycles. The molecule has 0 aromatic rings. The molecule has 0 spiro atoms. The Bertz CT molecular complexity index is 348. The average molecular weight is 318 g/mol. The lowest BCUT2D eigenvalue weighted by Crippen LogP contribution is -2.57. The molecule has 122 valence electrons. The Kier molecular flexibility index (Phi) is 8.04. The maximum atomic E-state index is 12.3. The molecule has 0 bridgehead atoms. The summed E-state index contributed by atoms with van der Waals surface area (Å²) in [4.78, 5) is 26.1. The smallest absolute Gasteiger partial charge is 0.240 e. The second kappa shape index (κ2) is 9.26. The minimum Gasteiger partial charge on any atom is -0.356 e. The van der Waals surface area contributed by atoms with Gasteiger partial charge < -0.3 is 15.5 Å². The number of nitrogens with one attached hydrogen (secondary N) is 2. The summed E-state index contributed by atoms with van der Waals surface area (Å²) in [6.07, 6.45) is 6.12. The predicted octanol–water partition coefficient (Wildman–Crippen LogP) is 1.32. The summed E-state index contributed by atoms with van der Waals surface area (Å²) in [5.41, 5.74) is 0. The van der Waals surface area contributed by atoms with Crippen LogP contribution in [-0.4, -0.2) is 48.9 Å². The van der Waals surface area contributed by atoms with Crippen molar-refractivity contribution < 1.29 is 9.59 Å². The van der Waals surface area contributed by atoms with Crippen LogP contribution in [-0.2, 0) is 9.59 Å². The lowest BCUT2D eigenvalue weighted by atomic mass is 9.85. The lowest BCUT2D eigenvalue weighted by molar-refractivity contribution is -0.139. The number of carbonyl (C=O) groups excluding carboxylic acids is 2. The van der Waals surface area contributed by atoms with Crippen molar-refractivity contribution in [3.05, 3.63) is 0 Å². The van der Waals surface area contributed by atoms with E-state index in [9.17, 15) is 9.59 Å². The first-order valence-electron chi connectivity index (χ1n) is 7.99. The Hall–Kier alpha value is -0.810. The van der Waals surface area contributed by atoms with Crippen LogP contribution in [0.2, 0.25) is 0 Å². The van der Waals surface area contributed by atoms with Gasteiger partial charge in [-0.2, -0.15) is 0 Å². The van der Waals surface area contributed by atoms with Crippen molar-refractivity contribution in [2.24, 2.45) is 5.92 Å². The Labute approximate surface area is 133 Å². The van der Waals surface area contributed by atoms with Gasteiger partial charge in [0.05, 0.1) is 12.5 Å². The Balaban J connectivity index is 0.00000220. The van der Waals surface area contributed by atoms with Crippen LogP contribution in [0.1, 0.15) is 45.4 Å². The van der Waals surface area contributed by atoms with E-state index in [1.54, 1.807) is 0 Å². The molecule has 21 heavy (non-hydrogen) atoms. The number of unbranched alkanes of at least 4 members (excludes halogenated alkanes) is 1. The molecule has 1 atom stereocenters. The van der Waals surface area contributed by atoms with E-state index in [1.165, 1.54) is 19.3 Å². The Morgan fingerprint density at radius 2 is 2.19 bits per heavy atom. The van der Waals surface area contributed by atoms with Gasteiger partial charge in [0, 0.05) is 26.2 Å². The van der Waals surface area contributed by atoms with Crippen LogP contribution in [0.25, 0.3) is 0 Å².